The predicted molar refractivity (Wildman–Crippen MR) is 190 cm³/mol. The Morgan fingerprint density at radius 1 is 0.864 bits per heavy atom. The summed E-state index contributed by atoms with van der Waals surface area (Å²) in [4.78, 5) is 2.46. The van der Waals surface area contributed by atoms with Crippen LogP contribution in [0.5, 0.6) is 0 Å². The summed E-state index contributed by atoms with van der Waals surface area (Å²) in [6.45, 7) is 16.1. The van der Waals surface area contributed by atoms with E-state index >= 15 is 0 Å². The largest absolute Gasteiger partial charge is 0.378 e. The summed E-state index contributed by atoms with van der Waals surface area (Å²) in [5.41, 5.74) is 14.3. The zero-order valence-electron chi connectivity index (χ0n) is 26.8. The van der Waals surface area contributed by atoms with Crippen LogP contribution in [0.15, 0.2) is 139 Å². The lowest BCUT2D eigenvalue weighted by Gasteiger charge is -2.30. The molecule has 0 spiro atoms. The van der Waals surface area contributed by atoms with Gasteiger partial charge in [-0.05, 0) is 91.4 Å². The van der Waals surface area contributed by atoms with Gasteiger partial charge in [0.25, 0.3) is 0 Å². The van der Waals surface area contributed by atoms with Crippen molar-refractivity contribution in [2.24, 2.45) is 0 Å². The second-order valence-corrected chi connectivity index (χ2v) is 13.0. The zero-order valence-corrected chi connectivity index (χ0v) is 26.8. The van der Waals surface area contributed by atoms with Gasteiger partial charge in [-0.15, -0.1) is 0 Å². The molecular formula is C42H44N2. The fourth-order valence-electron chi connectivity index (χ4n) is 6.81. The molecule has 2 nitrogen and oxygen atoms in total. The number of rotatable bonds is 9. The van der Waals surface area contributed by atoms with Crippen molar-refractivity contribution in [1.29, 1.82) is 0 Å². The number of aryl methyl sites for hydroxylation is 1. The summed E-state index contributed by atoms with van der Waals surface area (Å²) >= 11 is 0. The van der Waals surface area contributed by atoms with E-state index in [-0.39, 0.29) is 17.4 Å². The molecular weight excluding hydrogens is 532 g/mol. The Kier molecular flexibility index (Phi) is 8.19. The van der Waals surface area contributed by atoms with Crippen molar-refractivity contribution in [3.05, 3.63) is 161 Å². The van der Waals surface area contributed by atoms with Crippen molar-refractivity contribution in [3.63, 3.8) is 0 Å². The van der Waals surface area contributed by atoms with Crippen molar-refractivity contribution < 1.29 is 0 Å². The second-order valence-electron chi connectivity index (χ2n) is 13.0. The topological polar surface area (TPSA) is 15.3 Å². The average Bonchev–Trinajstić information content (AvgIpc) is 3.25. The third kappa shape index (κ3) is 5.82. The van der Waals surface area contributed by atoms with E-state index in [4.69, 9.17) is 0 Å². The number of para-hydroxylation sites is 1. The van der Waals surface area contributed by atoms with Gasteiger partial charge in [0.1, 0.15) is 0 Å². The van der Waals surface area contributed by atoms with Crippen LogP contribution in [-0.4, -0.2) is 12.6 Å². The van der Waals surface area contributed by atoms with Crippen molar-refractivity contribution in [1.82, 2.24) is 0 Å². The van der Waals surface area contributed by atoms with Crippen molar-refractivity contribution in [2.45, 2.75) is 58.4 Å². The maximum Gasteiger partial charge on any atom is 0.0551 e. The van der Waals surface area contributed by atoms with Crippen LogP contribution in [0.4, 0.5) is 17.1 Å². The molecule has 0 saturated heterocycles. The molecule has 2 heteroatoms. The lowest BCUT2D eigenvalue weighted by molar-refractivity contribution is 0.656. The van der Waals surface area contributed by atoms with E-state index < -0.39 is 0 Å². The smallest absolute Gasteiger partial charge is 0.0551 e. The normalized spacial score (nSPS) is 18.3. The van der Waals surface area contributed by atoms with Crippen LogP contribution in [0.2, 0.25) is 0 Å². The molecule has 2 unspecified atom stereocenters. The zero-order chi connectivity index (χ0) is 30.8. The third-order valence-electron chi connectivity index (χ3n) is 9.36. The fourth-order valence-corrected chi connectivity index (χ4v) is 6.81. The highest BCUT2D eigenvalue weighted by atomic mass is 15.1. The van der Waals surface area contributed by atoms with E-state index in [1.165, 1.54) is 55.9 Å². The van der Waals surface area contributed by atoms with Crippen molar-refractivity contribution >= 4 is 17.1 Å². The molecule has 2 aliphatic carbocycles. The molecule has 2 aliphatic rings. The fraction of sp³-hybridized carbons (Fsp3) is 0.238. The number of nitrogens with zero attached hydrogens (tertiary/aromatic N) is 1. The van der Waals surface area contributed by atoms with Gasteiger partial charge in [0.15, 0.2) is 0 Å². The molecule has 1 N–H and O–H groups in total. The van der Waals surface area contributed by atoms with E-state index in [0.29, 0.717) is 0 Å². The predicted octanol–water partition coefficient (Wildman–Crippen LogP) is 11.0. The highest BCUT2D eigenvalue weighted by Crippen LogP contribution is 2.51. The summed E-state index contributed by atoms with van der Waals surface area (Å²) in [5, 5.41) is 3.78. The van der Waals surface area contributed by atoms with Gasteiger partial charge in [-0.1, -0.05) is 122 Å². The molecule has 4 aromatic rings. The first-order chi connectivity index (χ1) is 21.2. The second kappa shape index (κ2) is 12.2. The summed E-state index contributed by atoms with van der Waals surface area (Å²) in [6.07, 6.45) is 11.9. The molecule has 0 amide bonds. The van der Waals surface area contributed by atoms with Gasteiger partial charge >= 0.3 is 0 Å². The van der Waals surface area contributed by atoms with Gasteiger partial charge in [0.05, 0.1) is 6.04 Å². The van der Waals surface area contributed by atoms with E-state index in [1.54, 1.807) is 0 Å². The van der Waals surface area contributed by atoms with Gasteiger partial charge in [0, 0.05) is 34.9 Å². The monoisotopic (exact) mass is 576 g/mol. The van der Waals surface area contributed by atoms with Crippen LogP contribution in [0, 0.1) is 6.92 Å². The number of anilines is 3. The SMILES string of the molecule is C=C/C=C(/C)CCN(c1ccc(C)cc1)c1ccc2c(c1)C(C)(C)c1cc(C3C=C(C)C=CC3Nc3ccccc3)ccc1-2. The molecule has 0 saturated carbocycles. The van der Waals surface area contributed by atoms with Crippen LogP contribution in [0.25, 0.3) is 11.1 Å². The van der Waals surface area contributed by atoms with E-state index in [2.05, 4.69) is 167 Å². The molecule has 0 fully saturated rings. The summed E-state index contributed by atoms with van der Waals surface area (Å²) in [5.74, 6) is 0.254. The first kappa shape index (κ1) is 29.5. The van der Waals surface area contributed by atoms with E-state index in [9.17, 15) is 0 Å². The summed E-state index contributed by atoms with van der Waals surface area (Å²) < 4.78 is 0. The maximum atomic E-state index is 3.89. The Morgan fingerprint density at radius 3 is 2.27 bits per heavy atom. The number of benzene rings is 4. The van der Waals surface area contributed by atoms with Crippen LogP contribution >= 0.6 is 0 Å². The molecule has 2 atom stereocenters. The van der Waals surface area contributed by atoms with Gasteiger partial charge in [-0.3, -0.25) is 0 Å². The highest BCUT2D eigenvalue weighted by Gasteiger charge is 2.37. The number of fused-ring (bicyclic) bond motifs is 3. The van der Waals surface area contributed by atoms with E-state index in [0.717, 1.165) is 18.7 Å². The van der Waals surface area contributed by atoms with Gasteiger partial charge < -0.3 is 10.2 Å². The molecule has 0 heterocycles. The van der Waals surface area contributed by atoms with E-state index in [1.807, 2.05) is 6.08 Å². The number of hydrogen-bond acceptors (Lipinski definition) is 2. The Labute approximate surface area is 264 Å². The number of allylic oxidation sites excluding steroid dienone is 4. The minimum absolute atomic E-state index is 0.111. The quantitative estimate of drug-likeness (QED) is 0.199. The Balaban J connectivity index is 1.35. The maximum absolute atomic E-state index is 3.89. The average molecular weight is 577 g/mol. The third-order valence-corrected chi connectivity index (χ3v) is 9.36. The molecule has 44 heavy (non-hydrogen) atoms. The summed E-state index contributed by atoms with van der Waals surface area (Å²) in [6, 6.07) is 33.9. The highest BCUT2D eigenvalue weighted by molar-refractivity contribution is 5.83. The van der Waals surface area contributed by atoms with Crippen molar-refractivity contribution in [2.75, 3.05) is 16.8 Å². The summed E-state index contributed by atoms with van der Waals surface area (Å²) in [7, 11) is 0. The lowest BCUT2D eigenvalue weighted by atomic mass is 9.79. The van der Waals surface area contributed by atoms with Crippen molar-refractivity contribution in [3.8, 4) is 11.1 Å². The standard InChI is InChI=1S/C42H44N2/c1-7-11-29(2)24-25-44(34-18-14-30(3)15-19-34)35-20-22-37-36-21-17-32(27-39(36)42(5,6)40(37)28-35)38-26-31(4)16-23-41(38)43-33-12-9-8-10-13-33/h7-23,26-28,38,41,43H,1,24-25H2,2-6H3/b29-11-. The molecule has 0 radical (unpaired) electrons. The molecule has 222 valence electrons. The van der Waals surface area contributed by atoms with Crippen LogP contribution in [0.3, 0.4) is 0 Å². The molecule has 6 rings (SSSR count). The Bertz CT molecular complexity index is 1750. The minimum Gasteiger partial charge on any atom is -0.378 e. The first-order valence-electron chi connectivity index (χ1n) is 15.8. The van der Waals surface area contributed by atoms with Crippen LogP contribution in [-0.2, 0) is 5.41 Å². The molecule has 0 bridgehead atoms. The molecule has 0 aliphatic heterocycles. The van der Waals surface area contributed by atoms with Crippen LogP contribution < -0.4 is 10.2 Å². The molecule has 4 aromatic carbocycles. The van der Waals surface area contributed by atoms with Gasteiger partial charge in [-0.25, -0.2) is 0 Å². The Morgan fingerprint density at radius 2 is 1.55 bits per heavy atom. The molecule has 0 aromatic heterocycles. The number of nitrogens with one attached hydrogen (secondary N) is 1. The van der Waals surface area contributed by atoms with Gasteiger partial charge in [0.2, 0.25) is 0 Å². The number of hydrogen-bond donors (Lipinski definition) is 1. The lowest BCUT2D eigenvalue weighted by Crippen LogP contribution is -2.27. The van der Waals surface area contributed by atoms with Crippen LogP contribution in [0.1, 0.15) is 62.3 Å². The first-order valence-corrected chi connectivity index (χ1v) is 15.8. The Hall–Kier alpha value is -4.56. The minimum atomic E-state index is -0.111. The van der Waals surface area contributed by atoms with Gasteiger partial charge in [-0.2, -0.15) is 0 Å².